The number of alkyl halides is 3. The van der Waals surface area contributed by atoms with Gasteiger partial charge >= 0.3 is 17.9 Å². The average Bonchev–Trinajstić information content (AvgIpc) is 2.92. The summed E-state index contributed by atoms with van der Waals surface area (Å²) in [6.07, 6.45) is -5.05. The number of anilines is 1. The molecule has 2 aromatic rings. The van der Waals surface area contributed by atoms with Crippen molar-refractivity contribution >= 4 is 32.7 Å². The van der Waals surface area contributed by atoms with Gasteiger partial charge in [-0.05, 0) is 25.1 Å². The summed E-state index contributed by atoms with van der Waals surface area (Å²) in [5.74, 6) is -1.05. The summed E-state index contributed by atoms with van der Waals surface area (Å²) in [7, 11) is 1.61. The SMILES string of the molecule is CCOc1ccc2nc(N[C@@](OC)(C(=O)OC)C(F)(F)F)sc2c1. The minimum Gasteiger partial charge on any atom is -0.494 e. The van der Waals surface area contributed by atoms with Gasteiger partial charge in [-0.15, -0.1) is 0 Å². The van der Waals surface area contributed by atoms with Crippen molar-refractivity contribution in [2.24, 2.45) is 0 Å². The Labute approximate surface area is 139 Å². The van der Waals surface area contributed by atoms with E-state index < -0.39 is 17.9 Å². The Morgan fingerprint density at radius 3 is 2.58 bits per heavy atom. The van der Waals surface area contributed by atoms with Crippen LogP contribution in [0.15, 0.2) is 18.2 Å². The van der Waals surface area contributed by atoms with Crippen LogP contribution < -0.4 is 10.1 Å². The molecule has 0 spiro atoms. The minimum absolute atomic E-state index is 0.136. The van der Waals surface area contributed by atoms with Crippen LogP contribution in [0.5, 0.6) is 5.75 Å². The lowest BCUT2D eigenvalue weighted by Gasteiger charge is -2.31. The first-order chi connectivity index (χ1) is 11.3. The maximum absolute atomic E-state index is 13.4. The highest BCUT2D eigenvalue weighted by Crippen LogP contribution is 2.38. The standard InChI is InChI=1S/C14H15F3N2O4S/c1-4-23-8-5-6-9-10(7-8)24-12(18-9)19-13(22-3,11(20)21-2)14(15,16)17/h5-7H,4H2,1-3H3,(H,18,19)/t13-/m1/s1. The number of fused-ring (bicyclic) bond motifs is 1. The molecular formula is C14H15F3N2O4S. The summed E-state index contributed by atoms with van der Waals surface area (Å²) in [6, 6.07) is 4.92. The number of aromatic nitrogens is 1. The monoisotopic (exact) mass is 364 g/mol. The number of carbonyl (C=O) groups excluding carboxylic acids is 1. The van der Waals surface area contributed by atoms with Crippen LogP contribution >= 0.6 is 11.3 Å². The van der Waals surface area contributed by atoms with Crippen LogP contribution in [0.3, 0.4) is 0 Å². The van der Waals surface area contributed by atoms with Crippen LogP contribution in [0.25, 0.3) is 10.2 Å². The number of hydrogen-bond donors (Lipinski definition) is 1. The molecule has 0 aliphatic rings. The first kappa shape index (κ1) is 18.3. The van der Waals surface area contributed by atoms with Crippen LogP contribution in [0, 0.1) is 0 Å². The zero-order valence-electron chi connectivity index (χ0n) is 13.1. The lowest BCUT2D eigenvalue weighted by atomic mass is 10.2. The normalized spacial score (nSPS) is 14.2. The van der Waals surface area contributed by atoms with E-state index in [4.69, 9.17) is 4.74 Å². The average molecular weight is 364 g/mol. The Balaban J connectivity index is 2.42. The number of rotatable bonds is 6. The largest absolute Gasteiger partial charge is 0.494 e. The fourth-order valence-corrected chi connectivity index (χ4v) is 2.94. The molecule has 132 valence electrons. The minimum atomic E-state index is -5.05. The maximum Gasteiger partial charge on any atom is 0.448 e. The molecule has 0 radical (unpaired) electrons. The number of nitrogens with one attached hydrogen (secondary N) is 1. The van der Waals surface area contributed by atoms with E-state index in [0.29, 0.717) is 22.6 Å². The number of carbonyl (C=O) groups is 1. The van der Waals surface area contributed by atoms with Gasteiger partial charge in [-0.2, -0.15) is 13.2 Å². The van der Waals surface area contributed by atoms with Gasteiger partial charge in [0.25, 0.3) is 0 Å². The molecular weight excluding hydrogens is 349 g/mol. The molecule has 2 rings (SSSR count). The second-order valence-corrected chi connectivity index (χ2v) is 5.61. The zero-order chi connectivity index (χ0) is 18.0. The fraction of sp³-hybridized carbons (Fsp3) is 0.429. The molecule has 0 fully saturated rings. The quantitative estimate of drug-likeness (QED) is 0.627. The number of benzene rings is 1. The Kier molecular flexibility index (Phi) is 5.19. The number of nitrogens with zero attached hydrogens (tertiary/aromatic N) is 1. The molecule has 6 nitrogen and oxygen atoms in total. The molecule has 0 aliphatic carbocycles. The molecule has 0 aliphatic heterocycles. The van der Waals surface area contributed by atoms with E-state index in [1.54, 1.807) is 18.2 Å². The van der Waals surface area contributed by atoms with Gasteiger partial charge in [-0.3, -0.25) is 0 Å². The van der Waals surface area contributed by atoms with E-state index in [2.05, 4.69) is 14.5 Å². The zero-order valence-corrected chi connectivity index (χ0v) is 13.9. The van der Waals surface area contributed by atoms with Crippen molar-refractivity contribution < 1.29 is 32.2 Å². The Morgan fingerprint density at radius 2 is 2.04 bits per heavy atom. The molecule has 0 saturated carbocycles. The van der Waals surface area contributed by atoms with Crippen LogP contribution in [-0.2, 0) is 14.3 Å². The van der Waals surface area contributed by atoms with Gasteiger partial charge in [-0.25, -0.2) is 9.78 Å². The lowest BCUT2D eigenvalue weighted by molar-refractivity contribution is -0.259. The number of ether oxygens (including phenoxy) is 3. The van der Waals surface area contributed by atoms with Crippen LogP contribution in [-0.4, -0.2) is 43.7 Å². The number of esters is 1. The summed E-state index contributed by atoms with van der Waals surface area (Å²) in [6.45, 7) is 2.27. The molecule has 1 aromatic heterocycles. The van der Waals surface area contributed by atoms with E-state index in [1.807, 2.05) is 12.2 Å². The number of thiazole rings is 1. The maximum atomic E-state index is 13.4. The van der Waals surface area contributed by atoms with Crippen molar-refractivity contribution in [2.75, 3.05) is 26.1 Å². The van der Waals surface area contributed by atoms with Crippen LogP contribution in [0.1, 0.15) is 6.92 Å². The van der Waals surface area contributed by atoms with Gasteiger partial charge in [0.1, 0.15) is 5.75 Å². The molecule has 1 heterocycles. The molecule has 1 N–H and O–H groups in total. The third kappa shape index (κ3) is 3.24. The van der Waals surface area contributed by atoms with Crippen LogP contribution in [0.2, 0.25) is 0 Å². The van der Waals surface area contributed by atoms with Gasteiger partial charge in [-0.1, -0.05) is 11.3 Å². The highest BCUT2D eigenvalue weighted by atomic mass is 32.1. The van der Waals surface area contributed by atoms with Gasteiger partial charge < -0.3 is 19.5 Å². The molecule has 0 saturated heterocycles. The number of methoxy groups -OCH3 is 2. The molecule has 0 bridgehead atoms. The molecule has 0 unspecified atom stereocenters. The topological polar surface area (TPSA) is 69.7 Å². The Morgan fingerprint density at radius 1 is 1.33 bits per heavy atom. The van der Waals surface area contributed by atoms with E-state index >= 15 is 0 Å². The summed E-state index contributed by atoms with van der Waals surface area (Å²) in [5.41, 5.74) is -2.87. The molecule has 0 amide bonds. The fourth-order valence-electron chi connectivity index (χ4n) is 2.00. The van der Waals surface area contributed by atoms with Gasteiger partial charge in [0.2, 0.25) is 0 Å². The van der Waals surface area contributed by atoms with E-state index in [-0.39, 0.29) is 5.13 Å². The predicted octanol–water partition coefficient (Wildman–Crippen LogP) is 3.18. The van der Waals surface area contributed by atoms with Crippen molar-refractivity contribution in [3.63, 3.8) is 0 Å². The first-order valence-corrected chi connectivity index (χ1v) is 7.61. The third-order valence-corrected chi connectivity index (χ3v) is 4.07. The third-order valence-electron chi connectivity index (χ3n) is 3.13. The summed E-state index contributed by atoms with van der Waals surface area (Å²) >= 11 is 0.934. The van der Waals surface area contributed by atoms with Gasteiger partial charge in [0.05, 0.1) is 23.9 Å². The number of halogens is 3. The Hall–Kier alpha value is -2.07. The summed E-state index contributed by atoms with van der Waals surface area (Å²) < 4.78 is 54.8. The van der Waals surface area contributed by atoms with Crippen LogP contribution in [0.4, 0.5) is 18.3 Å². The molecule has 1 aromatic carbocycles. The first-order valence-electron chi connectivity index (χ1n) is 6.79. The smallest absolute Gasteiger partial charge is 0.448 e. The van der Waals surface area contributed by atoms with Crippen molar-refractivity contribution in [1.82, 2.24) is 4.98 Å². The second-order valence-electron chi connectivity index (χ2n) is 4.58. The van der Waals surface area contributed by atoms with Gasteiger partial charge in [0.15, 0.2) is 5.13 Å². The van der Waals surface area contributed by atoms with Crippen molar-refractivity contribution in [2.45, 2.75) is 18.8 Å². The van der Waals surface area contributed by atoms with E-state index in [0.717, 1.165) is 25.6 Å². The summed E-state index contributed by atoms with van der Waals surface area (Å²) in [4.78, 5) is 15.7. The van der Waals surface area contributed by atoms with Crippen molar-refractivity contribution in [3.8, 4) is 5.75 Å². The Bertz CT molecular complexity index is 734. The highest BCUT2D eigenvalue weighted by molar-refractivity contribution is 7.22. The lowest BCUT2D eigenvalue weighted by Crippen LogP contribution is -2.60. The molecule has 1 atom stereocenters. The highest BCUT2D eigenvalue weighted by Gasteiger charge is 2.63. The molecule has 24 heavy (non-hydrogen) atoms. The van der Waals surface area contributed by atoms with E-state index in [9.17, 15) is 18.0 Å². The number of hydrogen-bond acceptors (Lipinski definition) is 7. The molecule has 10 heteroatoms. The second kappa shape index (κ2) is 6.81. The van der Waals surface area contributed by atoms with Gasteiger partial charge in [0, 0.05) is 7.11 Å². The predicted molar refractivity (Wildman–Crippen MR) is 82.2 cm³/mol. The summed E-state index contributed by atoms with van der Waals surface area (Å²) in [5, 5.41) is 1.88. The van der Waals surface area contributed by atoms with E-state index in [1.165, 1.54) is 0 Å². The van der Waals surface area contributed by atoms with Crippen molar-refractivity contribution in [1.29, 1.82) is 0 Å². The van der Waals surface area contributed by atoms with Crippen molar-refractivity contribution in [3.05, 3.63) is 18.2 Å².